The van der Waals surface area contributed by atoms with Gasteiger partial charge in [-0.3, -0.25) is 14.5 Å². The Morgan fingerprint density at radius 3 is 2.59 bits per heavy atom. The van der Waals surface area contributed by atoms with Crippen LogP contribution in [0.25, 0.3) is 0 Å². The lowest BCUT2D eigenvalue weighted by atomic mass is 9.93. The Morgan fingerprint density at radius 1 is 0.892 bits per heavy atom. The molecule has 2 amide bonds. The van der Waals surface area contributed by atoms with Crippen molar-refractivity contribution in [3.8, 4) is 11.5 Å². The third-order valence-electron chi connectivity index (χ3n) is 7.55. The first kappa shape index (κ1) is 24.0. The standard InChI is InChI=1S/C29H31N3O4S/c33-27(10-15-31-14-9-26-23(11-18-37-26)28(31)21-5-2-1-3-6-21)30-12-4-13-32(17-16-30)29(34)22-7-8-24-25(19-22)36-20-35-24/h1-3,5-8,11,18-19,28H,4,9-10,12-17,20H2. The molecule has 0 spiro atoms. The van der Waals surface area contributed by atoms with E-state index < -0.39 is 0 Å². The number of thiophene rings is 1. The van der Waals surface area contributed by atoms with E-state index in [1.54, 1.807) is 18.2 Å². The number of benzene rings is 2. The zero-order chi connectivity index (χ0) is 25.2. The lowest BCUT2D eigenvalue weighted by Gasteiger charge is -2.36. The molecule has 1 saturated heterocycles. The van der Waals surface area contributed by atoms with Gasteiger partial charge in [0, 0.05) is 56.1 Å². The monoisotopic (exact) mass is 517 g/mol. The quantitative estimate of drug-likeness (QED) is 0.508. The Labute approximate surface area is 221 Å². The summed E-state index contributed by atoms with van der Waals surface area (Å²) in [6.07, 6.45) is 2.29. The zero-order valence-corrected chi connectivity index (χ0v) is 21.6. The van der Waals surface area contributed by atoms with Crippen LogP contribution in [0.2, 0.25) is 0 Å². The molecule has 0 radical (unpaired) electrons. The number of amides is 2. The number of rotatable bonds is 5. The minimum atomic E-state index is -0.0295. The van der Waals surface area contributed by atoms with E-state index in [9.17, 15) is 9.59 Å². The van der Waals surface area contributed by atoms with Crippen LogP contribution >= 0.6 is 11.3 Å². The van der Waals surface area contributed by atoms with Crippen molar-refractivity contribution in [2.24, 2.45) is 0 Å². The molecule has 8 heteroatoms. The lowest BCUT2D eigenvalue weighted by molar-refractivity contribution is -0.131. The fraction of sp³-hybridized carbons (Fsp3) is 0.379. The molecule has 2 aromatic carbocycles. The first-order chi connectivity index (χ1) is 18.2. The smallest absolute Gasteiger partial charge is 0.254 e. The van der Waals surface area contributed by atoms with E-state index in [0.29, 0.717) is 49.7 Å². The number of hydrogen-bond acceptors (Lipinski definition) is 6. The van der Waals surface area contributed by atoms with E-state index >= 15 is 0 Å². The van der Waals surface area contributed by atoms with Gasteiger partial charge < -0.3 is 19.3 Å². The van der Waals surface area contributed by atoms with E-state index in [2.05, 4.69) is 46.7 Å². The Morgan fingerprint density at radius 2 is 1.70 bits per heavy atom. The van der Waals surface area contributed by atoms with E-state index in [1.807, 2.05) is 21.1 Å². The molecule has 1 atom stereocenters. The zero-order valence-electron chi connectivity index (χ0n) is 20.8. The molecule has 7 nitrogen and oxygen atoms in total. The summed E-state index contributed by atoms with van der Waals surface area (Å²) in [5, 5.41) is 2.18. The molecule has 0 N–H and O–H groups in total. The molecule has 1 aromatic heterocycles. The molecule has 4 heterocycles. The van der Waals surface area contributed by atoms with Crippen LogP contribution in [0.3, 0.4) is 0 Å². The first-order valence-electron chi connectivity index (χ1n) is 13.0. The third-order valence-corrected chi connectivity index (χ3v) is 8.55. The maximum atomic E-state index is 13.3. The van der Waals surface area contributed by atoms with Gasteiger partial charge in [0.2, 0.25) is 12.7 Å². The van der Waals surface area contributed by atoms with Crippen LogP contribution in [-0.4, -0.2) is 72.6 Å². The summed E-state index contributed by atoms with van der Waals surface area (Å²) in [6.45, 7) is 4.29. The summed E-state index contributed by atoms with van der Waals surface area (Å²) < 4.78 is 10.8. The summed E-state index contributed by atoms with van der Waals surface area (Å²) in [4.78, 5) is 34.1. The van der Waals surface area contributed by atoms with Crippen molar-refractivity contribution in [3.63, 3.8) is 0 Å². The third kappa shape index (κ3) is 4.95. The number of carbonyl (C=O) groups excluding carboxylic acids is 2. The molecule has 37 heavy (non-hydrogen) atoms. The van der Waals surface area contributed by atoms with Gasteiger partial charge in [-0.1, -0.05) is 30.3 Å². The summed E-state index contributed by atoms with van der Waals surface area (Å²) in [6, 6.07) is 18.4. The summed E-state index contributed by atoms with van der Waals surface area (Å²) >= 11 is 1.83. The van der Waals surface area contributed by atoms with Gasteiger partial charge in [0.1, 0.15) is 0 Å². The number of fused-ring (bicyclic) bond motifs is 2. The van der Waals surface area contributed by atoms with Gasteiger partial charge in [0.05, 0.1) is 6.04 Å². The van der Waals surface area contributed by atoms with Gasteiger partial charge in [0.25, 0.3) is 5.91 Å². The average molecular weight is 518 g/mol. The molecular formula is C29H31N3O4S. The Kier molecular flexibility index (Phi) is 6.85. The van der Waals surface area contributed by atoms with Gasteiger partial charge in [-0.25, -0.2) is 0 Å². The van der Waals surface area contributed by atoms with Gasteiger partial charge in [-0.2, -0.15) is 0 Å². The van der Waals surface area contributed by atoms with Crippen molar-refractivity contribution >= 4 is 23.2 Å². The van der Waals surface area contributed by atoms with Gasteiger partial charge >= 0.3 is 0 Å². The van der Waals surface area contributed by atoms with Crippen molar-refractivity contribution in [1.29, 1.82) is 0 Å². The highest BCUT2D eigenvalue weighted by Gasteiger charge is 2.30. The van der Waals surface area contributed by atoms with E-state index in [0.717, 1.165) is 25.9 Å². The highest BCUT2D eigenvalue weighted by atomic mass is 32.1. The van der Waals surface area contributed by atoms with Crippen molar-refractivity contribution in [2.75, 3.05) is 46.1 Å². The molecule has 0 bridgehead atoms. The highest BCUT2D eigenvalue weighted by Crippen LogP contribution is 2.38. The molecule has 0 aliphatic carbocycles. The molecular weight excluding hydrogens is 486 g/mol. The topological polar surface area (TPSA) is 62.3 Å². The Hall–Kier alpha value is -3.36. The van der Waals surface area contributed by atoms with Gasteiger partial charge in [0.15, 0.2) is 11.5 Å². The van der Waals surface area contributed by atoms with Crippen molar-refractivity contribution < 1.29 is 19.1 Å². The predicted octanol–water partition coefficient (Wildman–Crippen LogP) is 4.19. The van der Waals surface area contributed by atoms with Crippen LogP contribution in [0, 0.1) is 0 Å². The van der Waals surface area contributed by atoms with Crippen molar-refractivity contribution in [3.05, 3.63) is 81.5 Å². The second-order valence-corrected chi connectivity index (χ2v) is 10.7. The van der Waals surface area contributed by atoms with Crippen LogP contribution < -0.4 is 9.47 Å². The molecule has 0 saturated carbocycles. The number of nitrogens with zero attached hydrogens (tertiary/aromatic N) is 3. The highest BCUT2D eigenvalue weighted by molar-refractivity contribution is 7.10. The maximum absolute atomic E-state index is 13.3. The van der Waals surface area contributed by atoms with E-state index in [-0.39, 0.29) is 24.6 Å². The average Bonchev–Trinajstić information content (AvgIpc) is 3.54. The van der Waals surface area contributed by atoms with Crippen LogP contribution in [0.15, 0.2) is 60.0 Å². The van der Waals surface area contributed by atoms with Gasteiger partial charge in [-0.05, 0) is 53.6 Å². The Bertz CT molecular complexity index is 1280. The normalized spacial score (nSPS) is 19.4. The summed E-state index contributed by atoms with van der Waals surface area (Å²) in [5.41, 5.74) is 3.25. The lowest BCUT2D eigenvalue weighted by Crippen LogP contribution is -2.40. The molecule has 3 aromatic rings. The van der Waals surface area contributed by atoms with Crippen LogP contribution in [0.1, 0.15) is 45.2 Å². The van der Waals surface area contributed by atoms with Crippen LogP contribution in [-0.2, 0) is 11.2 Å². The van der Waals surface area contributed by atoms with E-state index in [1.165, 1.54) is 16.0 Å². The summed E-state index contributed by atoms with van der Waals surface area (Å²) in [5.74, 6) is 1.42. The first-order valence-corrected chi connectivity index (χ1v) is 13.9. The maximum Gasteiger partial charge on any atom is 0.254 e. The van der Waals surface area contributed by atoms with E-state index in [4.69, 9.17) is 9.47 Å². The van der Waals surface area contributed by atoms with Crippen molar-refractivity contribution in [2.45, 2.75) is 25.3 Å². The molecule has 6 rings (SSSR count). The minimum absolute atomic E-state index is 0.0295. The number of hydrogen-bond donors (Lipinski definition) is 0. The fourth-order valence-corrected chi connectivity index (χ4v) is 6.52. The number of ether oxygens (including phenoxy) is 2. The molecule has 192 valence electrons. The molecule has 3 aliphatic rings. The van der Waals surface area contributed by atoms with Crippen molar-refractivity contribution in [1.82, 2.24) is 14.7 Å². The van der Waals surface area contributed by atoms with Gasteiger partial charge in [-0.15, -0.1) is 11.3 Å². The second kappa shape index (κ2) is 10.6. The fourth-order valence-electron chi connectivity index (χ4n) is 5.61. The predicted molar refractivity (Wildman–Crippen MR) is 142 cm³/mol. The molecule has 3 aliphatic heterocycles. The van der Waals surface area contributed by atoms with Crippen LogP contribution in [0.4, 0.5) is 0 Å². The molecule has 1 unspecified atom stereocenters. The largest absolute Gasteiger partial charge is 0.454 e. The SMILES string of the molecule is O=C(CCN1CCc2sccc2C1c1ccccc1)N1CCCN(C(=O)c2ccc3c(c2)OCO3)CC1. The number of carbonyl (C=O) groups is 2. The molecule has 1 fully saturated rings. The van der Waals surface area contributed by atoms with Crippen LogP contribution in [0.5, 0.6) is 11.5 Å². The second-order valence-electron chi connectivity index (χ2n) is 9.74. The Balaban J connectivity index is 1.07. The minimum Gasteiger partial charge on any atom is -0.454 e. The summed E-state index contributed by atoms with van der Waals surface area (Å²) in [7, 11) is 0.